The Balaban J connectivity index is 1.60. The molecule has 0 aliphatic rings. The Morgan fingerprint density at radius 3 is 2.88 bits per heavy atom. The third-order valence-corrected chi connectivity index (χ3v) is 3.69. The Morgan fingerprint density at radius 2 is 2.04 bits per heavy atom. The lowest BCUT2D eigenvalue weighted by molar-refractivity contribution is -0.385. The van der Waals surface area contributed by atoms with E-state index in [1.807, 2.05) is 24.3 Å². The zero-order chi connectivity index (χ0) is 18.1. The number of aromatic amines is 1. The molecule has 26 heavy (non-hydrogen) atoms. The molecule has 4 aromatic rings. The molecule has 0 amide bonds. The summed E-state index contributed by atoms with van der Waals surface area (Å²) >= 11 is 0. The lowest BCUT2D eigenvalue weighted by Crippen LogP contribution is -2.01. The molecule has 0 bridgehead atoms. The van der Waals surface area contributed by atoms with Gasteiger partial charge in [0.15, 0.2) is 5.65 Å². The minimum Gasteiger partial charge on any atom is -0.872 e. The summed E-state index contributed by atoms with van der Waals surface area (Å²) in [7, 11) is 0. The van der Waals surface area contributed by atoms with Gasteiger partial charge < -0.3 is 10.1 Å². The van der Waals surface area contributed by atoms with Gasteiger partial charge in [-0.3, -0.25) is 10.1 Å². The summed E-state index contributed by atoms with van der Waals surface area (Å²) in [4.78, 5) is 17.6. The number of hydrogen-bond acceptors (Lipinski definition) is 8. The van der Waals surface area contributed by atoms with Crippen LogP contribution in [-0.2, 0) is 0 Å². The summed E-state index contributed by atoms with van der Waals surface area (Å²) in [5.74, 6) is -0.260. The van der Waals surface area contributed by atoms with E-state index >= 15 is 0 Å². The van der Waals surface area contributed by atoms with E-state index in [-0.39, 0.29) is 22.9 Å². The fourth-order valence-corrected chi connectivity index (χ4v) is 2.48. The van der Waals surface area contributed by atoms with Crippen LogP contribution in [0.2, 0.25) is 0 Å². The Morgan fingerprint density at radius 1 is 1.19 bits per heavy atom. The van der Waals surface area contributed by atoms with Gasteiger partial charge in [-0.05, 0) is 11.6 Å². The van der Waals surface area contributed by atoms with Gasteiger partial charge in [0.25, 0.3) is 11.6 Å². The van der Waals surface area contributed by atoms with Crippen molar-refractivity contribution in [2.45, 2.75) is 0 Å². The minimum atomic E-state index is -0.582. The highest BCUT2D eigenvalue weighted by molar-refractivity contribution is 6.03. The van der Waals surface area contributed by atoms with Crippen molar-refractivity contribution in [1.82, 2.24) is 20.2 Å². The predicted molar refractivity (Wildman–Crippen MR) is 92.9 cm³/mol. The van der Waals surface area contributed by atoms with Gasteiger partial charge in [-0.1, -0.05) is 30.0 Å². The van der Waals surface area contributed by atoms with Crippen LogP contribution in [0.25, 0.3) is 22.1 Å². The fourth-order valence-electron chi connectivity index (χ4n) is 2.48. The molecule has 0 aliphatic heterocycles. The summed E-state index contributed by atoms with van der Waals surface area (Å²) in [5, 5.41) is 35.3. The Kier molecular flexibility index (Phi) is 3.62. The number of anilines is 1. The number of nitro groups is 1. The molecule has 2 heterocycles. The normalized spacial score (nSPS) is 11.4. The van der Waals surface area contributed by atoms with Gasteiger partial charge in [-0.15, -0.1) is 10.2 Å². The van der Waals surface area contributed by atoms with Crippen LogP contribution in [0.4, 0.5) is 11.6 Å². The summed E-state index contributed by atoms with van der Waals surface area (Å²) in [6.45, 7) is 0. The molecule has 2 N–H and O–H groups in total. The van der Waals surface area contributed by atoms with Gasteiger partial charge in [-0.2, -0.15) is 10.1 Å². The largest absolute Gasteiger partial charge is 0.872 e. The van der Waals surface area contributed by atoms with Crippen LogP contribution in [0, 0.1) is 10.1 Å². The first-order chi connectivity index (χ1) is 12.6. The Hall–Kier alpha value is -4.08. The van der Waals surface area contributed by atoms with Crippen molar-refractivity contribution >= 4 is 39.9 Å². The maximum atomic E-state index is 11.7. The second kappa shape index (κ2) is 6.09. The van der Waals surface area contributed by atoms with Crippen LogP contribution in [-0.4, -0.2) is 31.3 Å². The molecule has 10 nitrogen and oxygen atoms in total. The smallest absolute Gasteiger partial charge is 0.270 e. The highest BCUT2D eigenvalue weighted by Crippen LogP contribution is 2.22. The maximum absolute atomic E-state index is 11.7. The molecule has 0 atom stereocenters. The van der Waals surface area contributed by atoms with Gasteiger partial charge in [0.05, 0.1) is 11.1 Å². The van der Waals surface area contributed by atoms with Crippen molar-refractivity contribution in [3.05, 3.63) is 58.1 Å². The number of hydrogen-bond donors (Lipinski definition) is 2. The van der Waals surface area contributed by atoms with Crippen LogP contribution >= 0.6 is 0 Å². The summed E-state index contributed by atoms with van der Waals surface area (Å²) < 4.78 is 0. The third kappa shape index (κ3) is 2.75. The van der Waals surface area contributed by atoms with E-state index in [2.05, 4.69) is 30.7 Å². The van der Waals surface area contributed by atoms with Crippen molar-refractivity contribution in [2.75, 3.05) is 5.43 Å². The van der Waals surface area contributed by atoms with Crippen molar-refractivity contribution in [2.24, 2.45) is 5.10 Å². The monoisotopic (exact) mass is 348 g/mol. The maximum Gasteiger partial charge on any atom is 0.270 e. The third-order valence-electron chi connectivity index (χ3n) is 3.69. The van der Waals surface area contributed by atoms with Gasteiger partial charge in [-0.25, -0.2) is 5.43 Å². The van der Waals surface area contributed by atoms with Gasteiger partial charge >= 0.3 is 0 Å². The predicted octanol–water partition coefficient (Wildman–Crippen LogP) is 1.93. The van der Waals surface area contributed by atoms with E-state index < -0.39 is 4.92 Å². The minimum absolute atomic E-state index is 0.0753. The number of benzene rings is 2. The first-order valence-electron chi connectivity index (χ1n) is 7.47. The SMILES string of the molecule is O=[N+]([O-])c1ccc([O-])c(/C=N\Nc2nnc3c(n2)[nH]c2ccccc23)c1. The van der Waals surface area contributed by atoms with Crippen LogP contribution in [0.15, 0.2) is 47.6 Å². The van der Waals surface area contributed by atoms with E-state index in [1.165, 1.54) is 6.21 Å². The molecule has 128 valence electrons. The molecule has 0 saturated carbocycles. The van der Waals surface area contributed by atoms with Gasteiger partial charge in [0.1, 0.15) is 5.52 Å². The molecular formula is C16H10N7O3-. The first-order valence-corrected chi connectivity index (χ1v) is 7.47. The Labute approximate surface area is 145 Å². The van der Waals surface area contributed by atoms with E-state index in [9.17, 15) is 15.2 Å². The molecule has 0 radical (unpaired) electrons. The number of H-pyrrole nitrogens is 1. The second-order valence-corrected chi connectivity index (χ2v) is 5.35. The standard InChI is InChI=1S/C16H11N7O3/c24-13-6-5-10(23(25)26)7-9(13)8-17-21-16-19-15-14(20-22-16)11-3-1-2-4-12(11)18-15/h1-8,24H,(H2,18,19,21,22)/p-1/b17-8-. The summed E-state index contributed by atoms with van der Waals surface area (Å²) in [5.41, 5.74) is 4.51. The summed E-state index contributed by atoms with van der Waals surface area (Å²) in [6, 6.07) is 11.0. The number of hydrazone groups is 1. The quantitative estimate of drug-likeness (QED) is 0.325. The second-order valence-electron chi connectivity index (χ2n) is 5.35. The van der Waals surface area contributed by atoms with Crippen molar-refractivity contribution < 1.29 is 10.0 Å². The average Bonchev–Trinajstić information content (AvgIpc) is 3.01. The number of aromatic nitrogens is 4. The van der Waals surface area contributed by atoms with Crippen molar-refractivity contribution in [3.63, 3.8) is 0 Å². The molecule has 0 spiro atoms. The zero-order valence-corrected chi connectivity index (χ0v) is 13.1. The van der Waals surface area contributed by atoms with Gasteiger partial charge in [0, 0.05) is 23.0 Å². The van der Waals surface area contributed by atoms with E-state index in [0.29, 0.717) is 11.2 Å². The molecule has 0 saturated heterocycles. The molecule has 0 aliphatic carbocycles. The van der Waals surface area contributed by atoms with Crippen molar-refractivity contribution in [3.8, 4) is 5.75 Å². The lowest BCUT2D eigenvalue weighted by Gasteiger charge is -2.08. The highest BCUT2D eigenvalue weighted by Gasteiger charge is 2.08. The average molecular weight is 348 g/mol. The van der Waals surface area contributed by atoms with Crippen LogP contribution in [0.3, 0.4) is 0 Å². The first kappa shape index (κ1) is 15.4. The molecule has 2 aromatic carbocycles. The highest BCUT2D eigenvalue weighted by atomic mass is 16.6. The van der Waals surface area contributed by atoms with Gasteiger partial charge in [0.2, 0.25) is 0 Å². The topological polar surface area (TPSA) is 145 Å². The number of nitrogens with zero attached hydrogens (tertiary/aromatic N) is 5. The molecule has 10 heteroatoms. The number of fused-ring (bicyclic) bond motifs is 3. The molecule has 0 fully saturated rings. The molecule has 4 rings (SSSR count). The molecular weight excluding hydrogens is 338 g/mol. The number of para-hydroxylation sites is 1. The number of nitro benzene ring substituents is 1. The van der Waals surface area contributed by atoms with E-state index in [4.69, 9.17) is 0 Å². The number of non-ortho nitro benzene ring substituents is 1. The van der Waals surface area contributed by atoms with Crippen LogP contribution in [0.1, 0.15) is 5.56 Å². The number of nitrogens with one attached hydrogen (secondary N) is 2. The molecule has 0 unspecified atom stereocenters. The lowest BCUT2D eigenvalue weighted by atomic mass is 10.2. The Bertz CT molecular complexity index is 1170. The zero-order valence-electron chi connectivity index (χ0n) is 13.1. The van der Waals surface area contributed by atoms with Crippen LogP contribution in [0.5, 0.6) is 5.75 Å². The van der Waals surface area contributed by atoms with E-state index in [0.717, 1.165) is 29.1 Å². The van der Waals surface area contributed by atoms with Crippen LogP contribution < -0.4 is 10.5 Å². The summed E-state index contributed by atoms with van der Waals surface area (Å²) in [6.07, 6.45) is 1.17. The van der Waals surface area contributed by atoms with E-state index in [1.54, 1.807) is 0 Å². The fraction of sp³-hybridized carbons (Fsp3) is 0. The van der Waals surface area contributed by atoms with Crippen molar-refractivity contribution in [1.29, 1.82) is 0 Å². The molecule has 2 aromatic heterocycles. The number of rotatable bonds is 4.